The number of aryl methyl sites for hydroxylation is 2. The largest absolute Gasteiger partial charge is 0.493 e. The molecule has 2 rings (SSSR count). The maximum absolute atomic E-state index is 5.99. The standard InChI is InChI=1S/C25H37NO2/c1-19(2)28-23-12-10-22(11-13-23)17-26-18-25(5,6)14-7-15-27-24-16-20(3)8-9-21(24)4/h8-13,16,19,26H,7,14-15,17-18H2,1-6H3. The molecule has 1 N–H and O–H groups in total. The molecule has 0 unspecified atom stereocenters. The Balaban J connectivity index is 1.68. The van der Waals surface area contributed by atoms with Crippen molar-refractivity contribution >= 4 is 0 Å². The summed E-state index contributed by atoms with van der Waals surface area (Å²) in [6.07, 6.45) is 2.40. The van der Waals surface area contributed by atoms with E-state index in [2.05, 4.69) is 63.3 Å². The van der Waals surface area contributed by atoms with Crippen LogP contribution in [0.15, 0.2) is 42.5 Å². The molecule has 3 nitrogen and oxygen atoms in total. The van der Waals surface area contributed by atoms with Crippen molar-refractivity contribution in [2.75, 3.05) is 13.2 Å². The lowest BCUT2D eigenvalue weighted by atomic mass is 9.88. The molecule has 0 aliphatic rings. The minimum atomic E-state index is 0.212. The van der Waals surface area contributed by atoms with E-state index in [9.17, 15) is 0 Å². The van der Waals surface area contributed by atoms with Gasteiger partial charge in [-0.3, -0.25) is 0 Å². The summed E-state index contributed by atoms with van der Waals surface area (Å²) in [4.78, 5) is 0. The van der Waals surface area contributed by atoms with Gasteiger partial charge in [0.05, 0.1) is 12.7 Å². The van der Waals surface area contributed by atoms with Crippen LogP contribution in [0.3, 0.4) is 0 Å². The molecular weight excluding hydrogens is 346 g/mol. The van der Waals surface area contributed by atoms with Gasteiger partial charge in [-0.05, 0) is 80.8 Å². The quantitative estimate of drug-likeness (QED) is 0.478. The number of benzene rings is 2. The second-order valence-electron chi connectivity index (χ2n) is 8.80. The first-order valence-electron chi connectivity index (χ1n) is 10.4. The Bertz CT molecular complexity index is 720. The molecule has 0 aliphatic carbocycles. The van der Waals surface area contributed by atoms with Gasteiger partial charge >= 0.3 is 0 Å². The van der Waals surface area contributed by atoms with Crippen LogP contribution < -0.4 is 14.8 Å². The number of rotatable bonds is 11. The zero-order valence-electron chi connectivity index (χ0n) is 18.5. The number of hydrogen-bond donors (Lipinski definition) is 1. The first kappa shape index (κ1) is 22.3. The lowest BCUT2D eigenvalue weighted by Crippen LogP contribution is -2.29. The Kier molecular flexibility index (Phi) is 8.37. The lowest BCUT2D eigenvalue weighted by Gasteiger charge is -2.25. The van der Waals surface area contributed by atoms with Crippen LogP contribution in [-0.4, -0.2) is 19.3 Å². The highest BCUT2D eigenvalue weighted by atomic mass is 16.5. The van der Waals surface area contributed by atoms with Gasteiger partial charge in [0.1, 0.15) is 11.5 Å². The van der Waals surface area contributed by atoms with E-state index in [0.29, 0.717) is 0 Å². The topological polar surface area (TPSA) is 30.5 Å². The van der Waals surface area contributed by atoms with Crippen molar-refractivity contribution in [3.8, 4) is 11.5 Å². The Labute approximate surface area is 171 Å². The Morgan fingerprint density at radius 3 is 2.39 bits per heavy atom. The van der Waals surface area contributed by atoms with E-state index in [-0.39, 0.29) is 11.5 Å². The summed E-state index contributed by atoms with van der Waals surface area (Å²) < 4.78 is 11.7. The van der Waals surface area contributed by atoms with E-state index in [1.54, 1.807) is 0 Å². The van der Waals surface area contributed by atoms with Crippen molar-refractivity contribution in [3.05, 3.63) is 59.2 Å². The van der Waals surface area contributed by atoms with E-state index >= 15 is 0 Å². The molecule has 0 heterocycles. The van der Waals surface area contributed by atoms with Crippen LogP contribution in [0.4, 0.5) is 0 Å². The first-order valence-corrected chi connectivity index (χ1v) is 10.4. The van der Waals surface area contributed by atoms with Crippen molar-refractivity contribution in [1.29, 1.82) is 0 Å². The fourth-order valence-electron chi connectivity index (χ4n) is 3.19. The fraction of sp³-hybridized carbons (Fsp3) is 0.520. The molecule has 0 saturated heterocycles. The SMILES string of the molecule is Cc1ccc(C)c(OCCCC(C)(C)CNCc2ccc(OC(C)C)cc2)c1. The molecule has 0 spiro atoms. The minimum Gasteiger partial charge on any atom is -0.493 e. The van der Waals surface area contributed by atoms with Gasteiger partial charge in [0.25, 0.3) is 0 Å². The molecule has 0 aliphatic heterocycles. The molecule has 0 aromatic heterocycles. The second kappa shape index (κ2) is 10.5. The Morgan fingerprint density at radius 2 is 1.71 bits per heavy atom. The van der Waals surface area contributed by atoms with Gasteiger partial charge in [-0.1, -0.05) is 38.1 Å². The van der Waals surface area contributed by atoms with Crippen molar-refractivity contribution in [2.45, 2.75) is 67.0 Å². The molecule has 0 saturated carbocycles. The van der Waals surface area contributed by atoms with Gasteiger partial charge in [0, 0.05) is 13.1 Å². The highest BCUT2D eigenvalue weighted by molar-refractivity contribution is 5.35. The third kappa shape index (κ3) is 7.93. The molecule has 154 valence electrons. The summed E-state index contributed by atoms with van der Waals surface area (Å²) in [5.74, 6) is 1.95. The van der Waals surface area contributed by atoms with Crippen LogP contribution in [0.2, 0.25) is 0 Å². The molecule has 2 aromatic carbocycles. The zero-order chi connectivity index (χ0) is 20.6. The van der Waals surface area contributed by atoms with E-state index < -0.39 is 0 Å². The molecule has 0 amide bonds. The molecule has 0 atom stereocenters. The number of hydrogen-bond acceptors (Lipinski definition) is 3. The van der Waals surface area contributed by atoms with Crippen LogP contribution in [0.5, 0.6) is 11.5 Å². The normalized spacial score (nSPS) is 11.7. The van der Waals surface area contributed by atoms with Crippen LogP contribution in [0.1, 0.15) is 57.2 Å². The third-order valence-electron chi connectivity index (χ3n) is 4.83. The highest BCUT2D eigenvalue weighted by Gasteiger charge is 2.17. The number of ether oxygens (including phenoxy) is 2. The van der Waals surface area contributed by atoms with E-state index in [4.69, 9.17) is 9.47 Å². The summed E-state index contributed by atoms with van der Waals surface area (Å²) in [6, 6.07) is 14.7. The van der Waals surface area contributed by atoms with Gasteiger partial charge in [-0.15, -0.1) is 0 Å². The summed E-state index contributed by atoms with van der Waals surface area (Å²) >= 11 is 0. The van der Waals surface area contributed by atoms with Crippen LogP contribution in [0.25, 0.3) is 0 Å². The average Bonchev–Trinajstić information content (AvgIpc) is 2.62. The van der Waals surface area contributed by atoms with Crippen LogP contribution in [0, 0.1) is 19.3 Å². The van der Waals surface area contributed by atoms with E-state index in [1.165, 1.54) is 16.7 Å². The van der Waals surface area contributed by atoms with E-state index in [0.717, 1.165) is 44.0 Å². The van der Waals surface area contributed by atoms with Gasteiger partial charge in [-0.25, -0.2) is 0 Å². The van der Waals surface area contributed by atoms with Crippen LogP contribution >= 0.6 is 0 Å². The smallest absolute Gasteiger partial charge is 0.122 e. The predicted octanol–water partition coefficient (Wildman–Crippen LogP) is 6.07. The van der Waals surface area contributed by atoms with Gasteiger partial charge < -0.3 is 14.8 Å². The van der Waals surface area contributed by atoms with Gasteiger partial charge in [-0.2, -0.15) is 0 Å². The molecule has 0 fully saturated rings. The molecular formula is C25H37NO2. The average molecular weight is 384 g/mol. The third-order valence-corrected chi connectivity index (χ3v) is 4.83. The lowest BCUT2D eigenvalue weighted by molar-refractivity contribution is 0.242. The predicted molar refractivity (Wildman–Crippen MR) is 118 cm³/mol. The second-order valence-corrected chi connectivity index (χ2v) is 8.80. The van der Waals surface area contributed by atoms with Gasteiger partial charge in [0.15, 0.2) is 0 Å². The monoisotopic (exact) mass is 383 g/mol. The maximum atomic E-state index is 5.99. The first-order chi connectivity index (χ1) is 13.2. The highest BCUT2D eigenvalue weighted by Crippen LogP contribution is 2.23. The molecule has 0 bridgehead atoms. The fourth-order valence-corrected chi connectivity index (χ4v) is 3.19. The summed E-state index contributed by atoms with van der Waals surface area (Å²) in [6.45, 7) is 15.6. The zero-order valence-corrected chi connectivity index (χ0v) is 18.5. The number of nitrogens with one attached hydrogen (secondary N) is 1. The van der Waals surface area contributed by atoms with Crippen LogP contribution in [-0.2, 0) is 6.54 Å². The Morgan fingerprint density at radius 1 is 1.00 bits per heavy atom. The summed E-state index contributed by atoms with van der Waals surface area (Å²) in [5.41, 5.74) is 3.97. The Hall–Kier alpha value is -2.00. The van der Waals surface area contributed by atoms with Crippen molar-refractivity contribution in [2.24, 2.45) is 5.41 Å². The summed E-state index contributed by atoms with van der Waals surface area (Å²) in [5, 5.41) is 3.60. The summed E-state index contributed by atoms with van der Waals surface area (Å²) in [7, 11) is 0. The van der Waals surface area contributed by atoms with Crippen molar-refractivity contribution in [1.82, 2.24) is 5.32 Å². The van der Waals surface area contributed by atoms with Crippen molar-refractivity contribution in [3.63, 3.8) is 0 Å². The van der Waals surface area contributed by atoms with Crippen molar-refractivity contribution < 1.29 is 9.47 Å². The van der Waals surface area contributed by atoms with Gasteiger partial charge in [0.2, 0.25) is 0 Å². The van der Waals surface area contributed by atoms with E-state index in [1.807, 2.05) is 26.0 Å². The molecule has 3 heteroatoms. The molecule has 2 aromatic rings. The minimum absolute atomic E-state index is 0.212. The molecule has 28 heavy (non-hydrogen) atoms. The maximum Gasteiger partial charge on any atom is 0.122 e. The molecule has 0 radical (unpaired) electrons.